The zero-order chi connectivity index (χ0) is 21.0. The van der Waals surface area contributed by atoms with Crippen LogP contribution in [0.5, 0.6) is 11.5 Å². The van der Waals surface area contributed by atoms with Gasteiger partial charge in [0, 0.05) is 11.8 Å². The van der Waals surface area contributed by atoms with Gasteiger partial charge in [-0.3, -0.25) is 4.57 Å². The van der Waals surface area contributed by atoms with Crippen molar-refractivity contribution in [3.63, 3.8) is 0 Å². The number of fused-ring (bicyclic) bond motifs is 1. The minimum Gasteiger partial charge on any atom is -0.493 e. The van der Waals surface area contributed by atoms with Crippen molar-refractivity contribution in [1.82, 2.24) is 19.7 Å². The highest BCUT2D eigenvalue weighted by Gasteiger charge is 2.20. The molecule has 5 rings (SSSR count). The Hall–Kier alpha value is -3.67. The highest BCUT2D eigenvalue weighted by Crippen LogP contribution is 2.36. The first-order valence-electron chi connectivity index (χ1n) is 10.6. The van der Waals surface area contributed by atoms with Gasteiger partial charge in [-0.15, -0.1) is 5.10 Å². The Balaban J connectivity index is 1.57. The highest BCUT2D eigenvalue weighted by molar-refractivity contribution is 5.82. The lowest BCUT2D eigenvalue weighted by Gasteiger charge is -2.18. The molecule has 2 aromatic carbocycles. The van der Waals surface area contributed by atoms with Crippen molar-refractivity contribution in [2.24, 2.45) is 0 Å². The summed E-state index contributed by atoms with van der Waals surface area (Å²) in [4.78, 5) is 4.82. The number of hydrogen-bond donors (Lipinski definition) is 0. The molecule has 1 fully saturated rings. The molecule has 2 aromatic heterocycles. The lowest BCUT2D eigenvalue weighted by Crippen LogP contribution is -2.12. The van der Waals surface area contributed by atoms with E-state index in [1.807, 2.05) is 71.3 Å². The second kappa shape index (κ2) is 8.60. The number of hydrogen-bond acceptors (Lipinski definition) is 5. The van der Waals surface area contributed by atoms with E-state index in [-0.39, 0.29) is 6.10 Å². The molecule has 1 saturated carbocycles. The summed E-state index contributed by atoms with van der Waals surface area (Å²) in [6.07, 6.45) is 10.5. The molecule has 4 aromatic rings. The Morgan fingerprint density at radius 3 is 2.65 bits per heavy atom. The molecular weight excluding hydrogens is 388 g/mol. The Bertz CT molecular complexity index is 1210. The van der Waals surface area contributed by atoms with Crippen molar-refractivity contribution in [2.75, 3.05) is 7.11 Å². The van der Waals surface area contributed by atoms with E-state index in [4.69, 9.17) is 14.5 Å². The van der Waals surface area contributed by atoms with E-state index in [0.29, 0.717) is 0 Å². The zero-order valence-corrected chi connectivity index (χ0v) is 17.4. The molecule has 0 atom stereocenters. The van der Waals surface area contributed by atoms with Crippen molar-refractivity contribution in [1.29, 1.82) is 0 Å². The predicted octanol–water partition coefficient (Wildman–Crippen LogP) is 5.32. The average molecular weight is 412 g/mol. The Labute approximate surface area is 181 Å². The summed E-state index contributed by atoms with van der Waals surface area (Å²) in [6, 6.07) is 17.8. The van der Waals surface area contributed by atoms with E-state index < -0.39 is 0 Å². The molecule has 0 radical (unpaired) electrons. The van der Waals surface area contributed by atoms with Crippen LogP contribution in [0.3, 0.4) is 0 Å². The standard InChI is InChI=1S/C25H24N4O2/c1-30-22-13-6-8-18(25(22)31-19-9-2-3-10-19)15-16-23-27-20-11-4-5-12-21(20)29(23)24-14-7-17-26-28-24/h4-8,11-17,19H,2-3,9-10H2,1H3/b16-15+. The van der Waals surface area contributed by atoms with Crippen molar-refractivity contribution >= 4 is 23.2 Å². The third kappa shape index (κ3) is 3.89. The van der Waals surface area contributed by atoms with Crippen LogP contribution in [0.2, 0.25) is 0 Å². The minimum atomic E-state index is 0.243. The number of nitrogens with zero attached hydrogens (tertiary/aromatic N) is 4. The van der Waals surface area contributed by atoms with Crippen LogP contribution in [0.25, 0.3) is 29.0 Å². The second-order valence-corrected chi connectivity index (χ2v) is 7.61. The maximum atomic E-state index is 6.36. The van der Waals surface area contributed by atoms with Crippen LogP contribution < -0.4 is 9.47 Å². The summed E-state index contributed by atoms with van der Waals surface area (Å²) in [5.74, 6) is 3.03. The second-order valence-electron chi connectivity index (χ2n) is 7.61. The fraction of sp³-hybridized carbons (Fsp3) is 0.240. The van der Waals surface area contributed by atoms with Crippen molar-refractivity contribution < 1.29 is 9.47 Å². The Morgan fingerprint density at radius 1 is 0.968 bits per heavy atom. The van der Waals surface area contributed by atoms with E-state index in [1.165, 1.54) is 12.8 Å². The third-order valence-electron chi connectivity index (χ3n) is 5.60. The quantitative estimate of drug-likeness (QED) is 0.429. The molecule has 156 valence electrons. The molecule has 0 amide bonds. The summed E-state index contributed by atoms with van der Waals surface area (Å²) in [7, 11) is 1.68. The van der Waals surface area contributed by atoms with Crippen LogP contribution in [0.4, 0.5) is 0 Å². The Kier molecular flexibility index (Phi) is 5.35. The van der Waals surface area contributed by atoms with Gasteiger partial charge in [0.05, 0.1) is 24.2 Å². The normalized spacial score (nSPS) is 14.5. The first-order chi connectivity index (χ1) is 15.3. The van der Waals surface area contributed by atoms with Crippen molar-refractivity contribution in [2.45, 2.75) is 31.8 Å². The lowest BCUT2D eigenvalue weighted by atomic mass is 10.1. The maximum Gasteiger partial charge on any atom is 0.168 e. The first kappa shape index (κ1) is 19.3. The molecule has 0 aliphatic heterocycles. The summed E-state index contributed by atoms with van der Waals surface area (Å²) in [5, 5.41) is 8.34. The van der Waals surface area contributed by atoms with Crippen LogP contribution in [-0.2, 0) is 0 Å². The minimum absolute atomic E-state index is 0.243. The van der Waals surface area contributed by atoms with Crippen LogP contribution in [0, 0.1) is 0 Å². The summed E-state index contributed by atoms with van der Waals surface area (Å²) < 4.78 is 14.0. The molecule has 0 spiro atoms. The van der Waals surface area contributed by atoms with Crippen LogP contribution in [0.1, 0.15) is 37.1 Å². The van der Waals surface area contributed by atoms with Crippen molar-refractivity contribution in [3.8, 4) is 17.3 Å². The molecular formula is C25H24N4O2. The zero-order valence-electron chi connectivity index (χ0n) is 17.4. The number of ether oxygens (including phenoxy) is 2. The van der Waals surface area contributed by atoms with Gasteiger partial charge in [0.2, 0.25) is 0 Å². The third-order valence-corrected chi connectivity index (χ3v) is 5.60. The number of rotatable bonds is 6. The van der Waals surface area contributed by atoms with Gasteiger partial charge in [-0.25, -0.2) is 4.98 Å². The van der Waals surface area contributed by atoms with Gasteiger partial charge < -0.3 is 9.47 Å². The topological polar surface area (TPSA) is 62.1 Å². The molecule has 1 aliphatic rings. The maximum absolute atomic E-state index is 6.36. The van der Waals surface area contributed by atoms with Gasteiger partial charge in [0.1, 0.15) is 5.82 Å². The van der Waals surface area contributed by atoms with E-state index in [1.54, 1.807) is 13.3 Å². The van der Waals surface area contributed by atoms with Gasteiger partial charge in [-0.05, 0) is 68.2 Å². The Morgan fingerprint density at radius 2 is 1.84 bits per heavy atom. The molecule has 0 N–H and O–H groups in total. The van der Waals surface area contributed by atoms with Gasteiger partial charge in [-0.2, -0.15) is 5.10 Å². The fourth-order valence-corrected chi connectivity index (χ4v) is 4.10. The predicted molar refractivity (Wildman–Crippen MR) is 121 cm³/mol. The van der Waals surface area contributed by atoms with Gasteiger partial charge in [0.15, 0.2) is 17.3 Å². The van der Waals surface area contributed by atoms with Gasteiger partial charge in [-0.1, -0.05) is 24.3 Å². The van der Waals surface area contributed by atoms with Crippen LogP contribution in [-0.4, -0.2) is 33.0 Å². The van der Waals surface area contributed by atoms with Crippen molar-refractivity contribution in [3.05, 3.63) is 72.2 Å². The van der Waals surface area contributed by atoms with E-state index in [9.17, 15) is 0 Å². The number of methoxy groups -OCH3 is 1. The SMILES string of the molecule is COc1cccc(/C=C/c2nc3ccccc3n2-c2cccnn2)c1OC1CCCC1. The van der Waals surface area contributed by atoms with E-state index in [0.717, 1.165) is 52.6 Å². The average Bonchev–Trinajstić information content (AvgIpc) is 3.46. The van der Waals surface area contributed by atoms with Gasteiger partial charge in [0.25, 0.3) is 0 Å². The largest absolute Gasteiger partial charge is 0.493 e. The molecule has 6 nitrogen and oxygen atoms in total. The number of para-hydroxylation sites is 3. The summed E-state index contributed by atoms with van der Waals surface area (Å²) in [5.41, 5.74) is 2.85. The highest BCUT2D eigenvalue weighted by atomic mass is 16.5. The van der Waals surface area contributed by atoms with Gasteiger partial charge >= 0.3 is 0 Å². The van der Waals surface area contributed by atoms with Crippen LogP contribution >= 0.6 is 0 Å². The fourth-order valence-electron chi connectivity index (χ4n) is 4.10. The summed E-state index contributed by atoms with van der Waals surface area (Å²) in [6.45, 7) is 0. The van der Waals surface area contributed by atoms with E-state index >= 15 is 0 Å². The number of imidazole rings is 1. The molecule has 1 aliphatic carbocycles. The first-order valence-corrected chi connectivity index (χ1v) is 10.6. The molecule has 2 heterocycles. The molecule has 6 heteroatoms. The molecule has 0 bridgehead atoms. The summed E-state index contributed by atoms with van der Waals surface area (Å²) >= 11 is 0. The van der Waals surface area contributed by atoms with Crippen LogP contribution in [0.15, 0.2) is 60.8 Å². The molecule has 0 unspecified atom stereocenters. The number of aromatic nitrogens is 4. The molecule has 31 heavy (non-hydrogen) atoms. The number of benzene rings is 2. The monoisotopic (exact) mass is 412 g/mol. The smallest absolute Gasteiger partial charge is 0.168 e. The van der Waals surface area contributed by atoms with E-state index in [2.05, 4.69) is 10.2 Å². The molecule has 0 saturated heterocycles. The lowest BCUT2D eigenvalue weighted by molar-refractivity contribution is 0.200.